The second-order valence-electron chi connectivity index (χ2n) is 7.39. The Balaban J connectivity index is 2.23. The van der Waals surface area contributed by atoms with Crippen LogP contribution in [0.1, 0.15) is 48.7 Å². The van der Waals surface area contributed by atoms with Crippen LogP contribution in [0.4, 0.5) is 0 Å². The second-order valence-corrected chi connectivity index (χ2v) is 7.79. The van der Waals surface area contributed by atoms with Crippen LogP contribution >= 0.6 is 11.6 Å². The summed E-state index contributed by atoms with van der Waals surface area (Å²) >= 11 is 6.36. The second kappa shape index (κ2) is 12.2. The summed E-state index contributed by atoms with van der Waals surface area (Å²) in [6.07, 6.45) is 1.44. The Morgan fingerprint density at radius 2 is 1.81 bits per heavy atom. The summed E-state index contributed by atoms with van der Waals surface area (Å²) in [6, 6.07) is 10.2. The minimum atomic E-state index is -0.325. The van der Waals surface area contributed by atoms with Gasteiger partial charge >= 0.3 is 0 Å². The summed E-state index contributed by atoms with van der Waals surface area (Å²) in [6.45, 7) is 4.36. The molecule has 0 fully saturated rings. The number of rotatable bonds is 11. The highest BCUT2D eigenvalue weighted by Crippen LogP contribution is 2.37. The SMILES string of the molecule is CCCOc1c(Cl)cc(C(=O)NC(CC)c2ccccc2OCC(=O)N(C)C)cc1OC. The lowest BCUT2D eigenvalue weighted by Gasteiger charge is -2.21. The molecule has 0 spiro atoms. The van der Waals surface area contributed by atoms with Gasteiger partial charge in [0.2, 0.25) is 0 Å². The number of methoxy groups -OCH3 is 1. The molecule has 8 heteroatoms. The van der Waals surface area contributed by atoms with E-state index < -0.39 is 0 Å². The molecule has 2 aromatic rings. The quantitative estimate of drug-likeness (QED) is 0.532. The van der Waals surface area contributed by atoms with Gasteiger partial charge < -0.3 is 24.4 Å². The Labute approximate surface area is 194 Å². The maximum atomic E-state index is 13.0. The fourth-order valence-electron chi connectivity index (χ4n) is 3.00. The van der Waals surface area contributed by atoms with E-state index in [0.29, 0.717) is 40.9 Å². The lowest BCUT2D eigenvalue weighted by molar-refractivity contribution is -0.130. The molecular weight excluding hydrogens is 432 g/mol. The van der Waals surface area contributed by atoms with Crippen LogP contribution in [0.15, 0.2) is 36.4 Å². The van der Waals surface area contributed by atoms with Gasteiger partial charge in [0.15, 0.2) is 18.1 Å². The van der Waals surface area contributed by atoms with Gasteiger partial charge in [-0.15, -0.1) is 0 Å². The highest BCUT2D eigenvalue weighted by Gasteiger charge is 2.21. The zero-order valence-electron chi connectivity index (χ0n) is 19.2. The van der Waals surface area contributed by atoms with Crippen LogP contribution in [-0.4, -0.2) is 51.1 Å². The molecular formula is C24H31ClN2O5. The Bertz CT molecular complexity index is 933. The Morgan fingerprint density at radius 1 is 1.09 bits per heavy atom. The van der Waals surface area contributed by atoms with E-state index >= 15 is 0 Å². The molecule has 174 valence electrons. The van der Waals surface area contributed by atoms with Gasteiger partial charge in [-0.2, -0.15) is 0 Å². The van der Waals surface area contributed by atoms with Crippen LogP contribution in [0.5, 0.6) is 17.2 Å². The molecule has 0 aliphatic heterocycles. The molecule has 0 saturated carbocycles. The van der Waals surface area contributed by atoms with Gasteiger partial charge in [0, 0.05) is 25.2 Å². The van der Waals surface area contributed by atoms with Crippen molar-refractivity contribution in [3.05, 3.63) is 52.5 Å². The normalized spacial score (nSPS) is 11.4. The minimum absolute atomic E-state index is 0.0829. The van der Waals surface area contributed by atoms with Gasteiger partial charge in [0.1, 0.15) is 5.75 Å². The molecule has 0 saturated heterocycles. The van der Waals surface area contributed by atoms with E-state index in [-0.39, 0.29) is 24.5 Å². The van der Waals surface area contributed by atoms with Crippen LogP contribution in [0.25, 0.3) is 0 Å². The first kappa shape index (κ1) is 25.3. The van der Waals surface area contributed by atoms with E-state index in [0.717, 1.165) is 12.0 Å². The van der Waals surface area contributed by atoms with Crippen molar-refractivity contribution in [2.24, 2.45) is 0 Å². The van der Waals surface area contributed by atoms with Crippen LogP contribution in [0.2, 0.25) is 5.02 Å². The molecule has 1 unspecified atom stereocenters. The molecule has 0 aromatic heterocycles. The van der Waals surface area contributed by atoms with Gasteiger partial charge in [-0.25, -0.2) is 0 Å². The molecule has 0 aliphatic rings. The van der Waals surface area contributed by atoms with Crippen molar-refractivity contribution < 1.29 is 23.8 Å². The number of likely N-dealkylation sites (N-methyl/N-ethyl adjacent to an activating group) is 1. The number of carbonyl (C=O) groups excluding carboxylic acids is 2. The zero-order chi connectivity index (χ0) is 23.7. The lowest BCUT2D eigenvalue weighted by atomic mass is 10.0. The Kier molecular flexibility index (Phi) is 9.65. The van der Waals surface area contributed by atoms with Gasteiger partial charge in [0.05, 0.1) is 24.8 Å². The number of nitrogens with one attached hydrogen (secondary N) is 1. The predicted octanol–water partition coefficient (Wildman–Crippen LogP) is 4.49. The third-order valence-electron chi connectivity index (χ3n) is 4.80. The van der Waals surface area contributed by atoms with Crippen molar-refractivity contribution in [2.45, 2.75) is 32.7 Å². The Hall–Kier alpha value is -2.93. The van der Waals surface area contributed by atoms with Crippen LogP contribution in [-0.2, 0) is 4.79 Å². The average molecular weight is 463 g/mol. The molecule has 1 N–H and O–H groups in total. The highest BCUT2D eigenvalue weighted by molar-refractivity contribution is 6.32. The lowest BCUT2D eigenvalue weighted by Crippen LogP contribution is -2.30. The minimum Gasteiger partial charge on any atom is -0.493 e. The molecule has 7 nitrogen and oxygen atoms in total. The van der Waals surface area contributed by atoms with Crippen molar-refractivity contribution in [1.29, 1.82) is 0 Å². The number of carbonyl (C=O) groups is 2. The van der Waals surface area contributed by atoms with Crippen molar-refractivity contribution in [1.82, 2.24) is 10.2 Å². The summed E-state index contributed by atoms with van der Waals surface area (Å²) in [5, 5.41) is 3.33. The molecule has 0 radical (unpaired) electrons. The fraction of sp³-hybridized carbons (Fsp3) is 0.417. The number of nitrogens with zero attached hydrogens (tertiary/aromatic N) is 1. The average Bonchev–Trinajstić information content (AvgIpc) is 2.79. The maximum Gasteiger partial charge on any atom is 0.259 e. The van der Waals surface area contributed by atoms with E-state index in [1.54, 1.807) is 32.3 Å². The first-order valence-corrected chi connectivity index (χ1v) is 10.9. The van der Waals surface area contributed by atoms with E-state index in [2.05, 4.69) is 5.32 Å². The molecule has 0 aliphatic carbocycles. The first-order chi connectivity index (χ1) is 15.3. The molecule has 2 aromatic carbocycles. The van der Waals surface area contributed by atoms with Gasteiger partial charge in [-0.1, -0.05) is 43.6 Å². The van der Waals surface area contributed by atoms with Crippen molar-refractivity contribution in [3.63, 3.8) is 0 Å². The number of amides is 2. The molecule has 2 rings (SSSR count). The number of ether oxygens (including phenoxy) is 3. The van der Waals surface area contributed by atoms with E-state index in [4.69, 9.17) is 25.8 Å². The highest BCUT2D eigenvalue weighted by atomic mass is 35.5. The van der Waals surface area contributed by atoms with Crippen LogP contribution in [0.3, 0.4) is 0 Å². The van der Waals surface area contributed by atoms with Crippen LogP contribution in [0, 0.1) is 0 Å². The molecule has 32 heavy (non-hydrogen) atoms. The maximum absolute atomic E-state index is 13.0. The third-order valence-corrected chi connectivity index (χ3v) is 5.08. The van der Waals surface area contributed by atoms with E-state index in [9.17, 15) is 9.59 Å². The largest absolute Gasteiger partial charge is 0.493 e. The fourth-order valence-corrected chi connectivity index (χ4v) is 3.27. The summed E-state index contributed by atoms with van der Waals surface area (Å²) < 4.78 is 16.8. The van der Waals surface area contributed by atoms with E-state index in [1.165, 1.54) is 12.0 Å². The number of hydrogen-bond donors (Lipinski definition) is 1. The molecule has 2 amide bonds. The van der Waals surface area contributed by atoms with Gasteiger partial charge in [0.25, 0.3) is 11.8 Å². The predicted molar refractivity (Wildman–Crippen MR) is 125 cm³/mol. The summed E-state index contributed by atoms with van der Waals surface area (Å²) in [4.78, 5) is 26.4. The van der Waals surface area contributed by atoms with Crippen molar-refractivity contribution in [3.8, 4) is 17.2 Å². The summed E-state index contributed by atoms with van der Waals surface area (Å²) in [7, 11) is 4.85. The number of para-hydroxylation sites is 1. The van der Waals surface area contributed by atoms with Gasteiger partial charge in [-0.3, -0.25) is 9.59 Å². The van der Waals surface area contributed by atoms with Crippen molar-refractivity contribution >= 4 is 23.4 Å². The van der Waals surface area contributed by atoms with Crippen LogP contribution < -0.4 is 19.5 Å². The third kappa shape index (κ3) is 6.53. The monoisotopic (exact) mass is 462 g/mol. The molecule has 0 heterocycles. The smallest absolute Gasteiger partial charge is 0.259 e. The molecule has 1 atom stereocenters. The topological polar surface area (TPSA) is 77.1 Å². The number of halogens is 1. The summed E-state index contributed by atoms with van der Waals surface area (Å²) in [5.41, 5.74) is 1.14. The summed E-state index contributed by atoms with van der Waals surface area (Å²) in [5.74, 6) is 0.912. The number of benzene rings is 2. The van der Waals surface area contributed by atoms with E-state index in [1.807, 2.05) is 32.0 Å². The van der Waals surface area contributed by atoms with Crippen molar-refractivity contribution in [2.75, 3.05) is 34.4 Å². The van der Waals surface area contributed by atoms with Gasteiger partial charge in [-0.05, 0) is 31.0 Å². The Morgan fingerprint density at radius 3 is 2.44 bits per heavy atom. The molecule has 0 bridgehead atoms. The number of hydrogen-bond acceptors (Lipinski definition) is 5. The standard InChI is InChI=1S/C24H31ClN2O5/c1-6-12-31-23-18(25)13-16(14-21(23)30-5)24(29)26-19(7-2)17-10-8-9-11-20(17)32-15-22(28)27(3)4/h8-11,13-14,19H,6-7,12,15H2,1-5H3,(H,26,29). The zero-order valence-corrected chi connectivity index (χ0v) is 20.0. The first-order valence-electron chi connectivity index (χ1n) is 10.5.